The molecule has 4 nitrogen and oxygen atoms in total. The zero-order chi connectivity index (χ0) is 15.9. The molecule has 0 saturated carbocycles. The van der Waals surface area contributed by atoms with Crippen LogP contribution in [-0.2, 0) is 0 Å². The average molecular weight is 338 g/mol. The van der Waals surface area contributed by atoms with Crippen LogP contribution >= 0.6 is 7.92 Å². The molecule has 0 amide bonds. The van der Waals surface area contributed by atoms with Gasteiger partial charge in [0, 0.05) is 18.3 Å². The van der Waals surface area contributed by atoms with Crippen LogP contribution in [0.3, 0.4) is 0 Å². The molecule has 0 spiro atoms. The lowest BCUT2D eigenvalue weighted by Gasteiger charge is -2.60. The Kier molecular flexibility index (Phi) is 3.79. The predicted molar refractivity (Wildman–Crippen MR) is 99.8 cm³/mol. The fourth-order valence-corrected chi connectivity index (χ4v) is 7.45. The van der Waals surface area contributed by atoms with Crippen LogP contribution in [0, 0.1) is 0 Å². The molecule has 6 rings (SSSR count). The van der Waals surface area contributed by atoms with Crippen LogP contribution in [0.2, 0.25) is 0 Å². The van der Waals surface area contributed by atoms with Gasteiger partial charge >= 0.3 is 0 Å². The molecule has 4 saturated heterocycles. The summed E-state index contributed by atoms with van der Waals surface area (Å²) >= 11 is 0. The zero-order valence-corrected chi connectivity index (χ0v) is 14.6. The van der Waals surface area contributed by atoms with Crippen molar-refractivity contribution in [2.45, 2.75) is 11.8 Å². The van der Waals surface area contributed by atoms with E-state index in [0.29, 0.717) is 11.8 Å². The number of rotatable bonds is 4. The minimum Gasteiger partial charge on any atom is -0.376 e. The van der Waals surface area contributed by atoms with E-state index in [2.05, 4.69) is 80.7 Å². The summed E-state index contributed by atoms with van der Waals surface area (Å²) in [7, 11) is -0.0190. The lowest BCUT2D eigenvalue weighted by Crippen LogP contribution is -2.67. The molecule has 4 fully saturated rings. The SMILES string of the molecule is c1ccc(N[C@H](c2ccccc2)[C@H]2N3CN4CN(C3)CP2C4)cc1. The van der Waals surface area contributed by atoms with Crippen LogP contribution in [0.5, 0.6) is 0 Å². The van der Waals surface area contributed by atoms with Crippen LogP contribution in [-0.4, -0.2) is 53.1 Å². The van der Waals surface area contributed by atoms with Gasteiger partial charge < -0.3 is 5.32 Å². The molecule has 4 atom stereocenters. The minimum atomic E-state index is -0.0190. The number of para-hydroxylation sites is 1. The van der Waals surface area contributed by atoms with Gasteiger partial charge in [-0.15, -0.1) is 0 Å². The fraction of sp³-hybridized carbons (Fsp3) is 0.368. The van der Waals surface area contributed by atoms with Gasteiger partial charge in [-0.05, 0) is 17.7 Å². The van der Waals surface area contributed by atoms with Crippen molar-refractivity contribution in [1.82, 2.24) is 14.7 Å². The van der Waals surface area contributed by atoms with Crippen LogP contribution in [0.25, 0.3) is 0 Å². The van der Waals surface area contributed by atoms with Crippen LogP contribution in [0.15, 0.2) is 60.7 Å². The molecule has 0 radical (unpaired) electrons. The second-order valence-electron chi connectivity index (χ2n) is 7.04. The molecule has 5 heteroatoms. The number of hydrogen-bond acceptors (Lipinski definition) is 4. The first-order chi connectivity index (χ1) is 11.9. The second kappa shape index (κ2) is 6.12. The smallest absolute Gasteiger partial charge is 0.0711 e. The summed E-state index contributed by atoms with van der Waals surface area (Å²) in [6, 6.07) is 22.1. The summed E-state index contributed by atoms with van der Waals surface area (Å²) in [4.78, 5) is 7.91. The topological polar surface area (TPSA) is 21.8 Å². The van der Waals surface area contributed by atoms with Crippen LogP contribution < -0.4 is 5.32 Å². The Bertz CT molecular complexity index is 665. The summed E-state index contributed by atoms with van der Waals surface area (Å²) in [5.41, 5.74) is 2.63. The molecule has 1 N–H and O–H groups in total. The Morgan fingerprint density at radius 2 is 1.46 bits per heavy atom. The first kappa shape index (κ1) is 14.9. The highest BCUT2D eigenvalue weighted by molar-refractivity contribution is 7.58. The maximum absolute atomic E-state index is 3.86. The highest BCUT2D eigenvalue weighted by Gasteiger charge is 2.48. The Morgan fingerprint density at radius 1 is 0.833 bits per heavy atom. The maximum Gasteiger partial charge on any atom is 0.0711 e. The summed E-state index contributed by atoms with van der Waals surface area (Å²) in [6.45, 7) is 3.42. The Labute approximate surface area is 144 Å². The number of nitrogens with one attached hydrogen (secondary N) is 1. The van der Waals surface area contributed by atoms with Gasteiger partial charge in [-0.1, -0.05) is 56.5 Å². The minimum absolute atomic E-state index is 0.0190. The third kappa shape index (κ3) is 2.64. The van der Waals surface area contributed by atoms with Gasteiger partial charge in [-0.2, -0.15) is 0 Å². The summed E-state index contributed by atoms with van der Waals surface area (Å²) in [5.74, 6) is 0.621. The van der Waals surface area contributed by atoms with Crippen molar-refractivity contribution >= 4 is 13.6 Å². The van der Waals surface area contributed by atoms with Crippen molar-refractivity contribution in [3.8, 4) is 0 Å². The summed E-state index contributed by atoms with van der Waals surface area (Å²) in [5, 5.41) is 3.86. The average Bonchev–Trinajstić information content (AvgIpc) is 2.61. The van der Waals surface area contributed by atoms with Gasteiger partial charge in [0.1, 0.15) is 0 Å². The van der Waals surface area contributed by atoms with Crippen molar-refractivity contribution in [3.63, 3.8) is 0 Å². The Balaban J connectivity index is 1.49. The molecule has 2 aromatic carbocycles. The standard InChI is InChI=1S/C19H23N4P/c1-3-7-16(8-4-1)18(20-17-9-5-2-6-10-17)19-23-12-21-11-22(13-23)15-24(19)14-21/h1-10,18-20H,11-15H2/t18-,19+/m1/s1. The Morgan fingerprint density at radius 3 is 2.08 bits per heavy atom. The van der Waals surface area contributed by atoms with E-state index in [1.807, 2.05) is 0 Å². The van der Waals surface area contributed by atoms with Gasteiger partial charge in [-0.25, -0.2) is 0 Å². The number of benzene rings is 2. The maximum atomic E-state index is 3.86. The van der Waals surface area contributed by atoms with Crippen molar-refractivity contribution in [3.05, 3.63) is 66.2 Å². The normalized spacial score (nSPS) is 34.9. The van der Waals surface area contributed by atoms with Crippen molar-refractivity contribution in [2.75, 3.05) is 37.9 Å². The molecule has 4 heterocycles. The van der Waals surface area contributed by atoms with E-state index in [-0.39, 0.29) is 7.92 Å². The molecular weight excluding hydrogens is 315 g/mol. The first-order valence-corrected chi connectivity index (χ1v) is 10.4. The van der Waals surface area contributed by atoms with E-state index in [1.165, 1.54) is 30.5 Å². The zero-order valence-electron chi connectivity index (χ0n) is 13.8. The molecule has 4 aliphatic rings. The van der Waals surface area contributed by atoms with Gasteiger partial charge in [-0.3, -0.25) is 14.7 Å². The van der Waals surface area contributed by atoms with E-state index in [9.17, 15) is 0 Å². The van der Waals surface area contributed by atoms with E-state index in [1.54, 1.807) is 0 Å². The quantitative estimate of drug-likeness (QED) is 0.863. The Hall–Kier alpha value is -1.45. The summed E-state index contributed by atoms with van der Waals surface area (Å²) in [6.07, 6.45) is 2.60. The predicted octanol–water partition coefficient (Wildman–Crippen LogP) is 3.38. The highest BCUT2D eigenvalue weighted by atomic mass is 31.1. The third-order valence-electron chi connectivity index (χ3n) is 5.23. The van der Waals surface area contributed by atoms with E-state index in [0.717, 1.165) is 13.3 Å². The molecule has 4 aliphatic heterocycles. The fourth-order valence-electron chi connectivity index (χ4n) is 4.36. The van der Waals surface area contributed by atoms with Crippen LogP contribution in [0.4, 0.5) is 5.69 Å². The lowest BCUT2D eigenvalue weighted by atomic mass is 10.1. The number of anilines is 1. The van der Waals surface area contributed by atoms with Gasteiger partial charge in [0.25, 0.3) is 0 Å². The van der Waals surface area contributed by atoms with Gasteiger partial charge in [0.2, 0.25) is 0 Å². The van der Waals surface area contributed by atoms with E-state index in [4.69, 9.17) is 0 Å². The number of hydrogen-bond donors (Lipinski definition) is 1. The monoisotopic (exact) mass is 338 g/mol. The third-order valence-corrected chi connectivity index (χ3v) is 8.13. The molecule has 2 unspecified atom stereocenters. The van der Waals surface area contributed by atoms with E-state index < -0.39 is 0 Å². The summed E-state index contributed by atoms with van der Waals surface area (Å²) < 4.78 is 0. The van der Waals surface area contributed by atoms with E-state index >= 15 is 0 Å². The molecule has 2 aromatic rings. The molecule has 24 heavy (non-hydrogen) atoms. The highest BCUT2D eigenvalue weighted by Crippen LogP contribution is 2.56. The molecule has 124 valence electrons. The van der Waals surface area contributed by atoms with Crippen molar-refractivity contribution < 1.29 is 0 Å². The molecule has 4 bridgehead atoms. The second-order valence-corrected chi connectivity index (χ2v) is 9.31. The largest absolute Gasteiger partial charge is 0.376 e. The van der Waals surface area contributed by atoms with Gasteiger partial charge in [0.05, 0.1) is 31.8 Å². The van der Waals surface area contributed by atoms with Crippen molar-refractivity contribution in [2.24, 2.45) is 0 Å². The molecule has 0 aromatic heterocycles. The molecular formula is C19H23N4P. The molecule has 0 aliphatic carbocycles. The first-order valence-electron chi connectivity index (χ1n) is 8.66. The van der Waals surface area contributed by atoms with Gasteiger partial charge in [0.15, 0.2) is 0 Å². The number of nitrogens with zero attached hydrogens (tertiary/aromatic N) is 3. The van der Waals surface area contributed by atoms with Crippen molar-refractivity contribution in [1.29, 1.82) is 0 Å². The van der Waals surface area contributed by atoms with Crippen LogP contribution in [0.1, 0.15) is 11.6 Å². The lowest BCUT2D eigenvalue weighted by molar-refractivity contribution is -0.0493.